The van der Waals surface area contributed by atoms with Crippen molar-refractivity contribution < 1.29 is 0 Å². The number of guanidine groups is 1. The summed E-state index contributed by atoms with van der Waals surface area (Å²) in [5, 5.41) is 11.1. The Morgan fingerprint density at radius 3 is 3.14 bits per heavy atom. The van der Waals surface area contributed by atoms with Gasteiger partial charge in [0.2, 0.25) is 0 Å². The lowest BCUT2D eigenvalue weighted by molar-refractivity contribution is 0.392. The first-order valence-electron chi connectivity index (χ1n) is 7.16. The van der Waals surface area contributed by atoms with Crippen molar-refractivity contribution in [1.29, 1.82) is 0 Å². The molecule has 120 valence electrons. The molecule has 0 saturated heterocycles. The number of halogens is 1. The minimum atomic E-state index is 0. The number of hydrogen-bond donors (Lipinski definition) is 2. The van der Waals surface area contributed by atoms with Crippen molar-refractivity contribution in [2.75, 3.05) is 25.6 Å². The highest BCUT2D eigenvalue weighted by Gasteiger charge is 2.20. The summed E-state index contributed by atoms with van der Waals surface area (Å²) in [5.41, 5.74) is 0. The van der Waals surface area contributed by atoms with Gasteiger partial charge < -0.3 is 10.6 Å². The van der Waals surface area contributed by atoms with Crippen LogP contribution in [0, 0.1) is 0 Å². The summed E-state index contributed by atoms with van der Waals surface area (Å²) in [4.78, 5) is 8.53. The molecule has 6 nitrogen and oxygen atoms in total. The van der Waals surface area contributed by atoms with Crippen molar-refractivity contribution in [3.63, 3.8) is 0 Å². The van der Waals surface area contributed by atoms with Crippen molar-refractivity contribution in [3.05, 3.63) is 12.2 Å². The Bertz CT molecular complexity index is 436. The van der Waals surface area contributed by atoms with Gasteiger partial charge in [-0.25, -0.2) is 9.67 Å². The van der Waals surface area contributed by atoms with Gasteiger partial charge in [-0.1, -0.05) is 0 Å². The van der Waals surface area contributed by atoms with Crippen LogP contribution in [0.25, 0.3) is 0 Å². The molecule has 1 unspecified atom stereocenters. The van der Waals surface area contributed by atoms with E-state index in [9.17, 15) is 0 Å². The molecule has 8 heteroatoms. The fourth-order valence-corrected chi connectivity index (χ4v) is 2.81. The Labute approximate surface area is 148 Å². The Hall–Kier alpha value is -0.510. The summed E-state index contributed by atoms with van der Waals surface area (Å²) in [5.74, 6) is 3.21. The molecule has 2 rings (SSSR count). The van der Waals surface area contributed by atoms with E-state index in [2.05, 4.69) is 32.0 Å². The number of aromatic nitrogens is 3. The summed E-state index contributed by atoms with van der Waals surface area (Å²) in [7, 11) is 1.82. The van der Waals surface area contributed by atoms with E-state index in [4.69, 9.17) is 0 Å². The normalized spacial score (nSPS) is 17.8. The summed E-state index contributed by atoms with van der Waals surface area (Å²) in [6, 6.07) is 0.376. The summed E-state index contributed by atoms with van der Waals surface area (Å²) in [6.45, 7) is 1.84. The standard InChI is InChI=1S/C13H24N6S.HI/c1-14-13(15-7-3-4-8-20-2)18-11-5-6-12-16-10-17-19(12)9-11;/h10-11H,3-9H2,1-2H3,(H2,14,15,18);1H. The monoisotopic (exact) mass is 424 g/mol. The van der Waals surface area contributed by atoms with Crippen LogP contribution in [0.15, 0.2) is 11.3 Å². The van der Waals surface area contributed by atoms with E-state index >= 15 is 0 Å². The van der Waals surface area contributed by atoms with Gasteiger partial charge in [0, 0.05) is 26.1 Å². The lowest BCUT2D eigenvalue weighted by Gasteiger charge is -2.25. The maximum absolute atomic E-state index is 4.29. The number of thioether (sulfide) groups is 1. The van der Waals surface area contributed by atoms with Crippen molar-refractivity contribution in [2.45, 2.75) is 38.3 Å². The average molecular weight is 424 g/mol. The second kappa shape index (κ2) is 10.3. The second-order valence-corrected chi connectivity index (χ2v) is 5.92. The van der Waals surface area contributed by atoms with Crippen LogP contribution in [0.1, 0.15) is 25.1 Å². The van der Waals surface area contributed by atoms with Gasteiger partial charge in [0.05, 0.1) is 6.54 Å². The molecule has 0 aromatic carbocycles. The number of hydrogen-bond acceptors (Lipinski definition) is 4. The maximum atomic E-state index is 4.29. The molecule has 0 aliphatic carbocycles. The van der Waals surface area contributed by atoms with Crippen LogP contribution in [0.4, 0.5) is 0 Å². The molecular weight excluding hydrogens is 399 g/mol. The van der Waals surface area contributed by atoms with E-state index in [1.807, 2.05) is 23.5 Å². The molecule has 0 spiro atoms. The highest BCUT2D eigenvalue weighted by molar-refractivity contribution is 14.0. The van der Waals surface area contributed by atoms with Crippen LogP contribution in [0.3, 0.4) is 0 Å². The van der Waals surface area contributed by atoms with Gasteiger partial charge in [0.25, 0.3) is 0 Å². The molecule has 0 radical (unpaired) electrons. The number of unbranched alkanes of at least 4 members (excludes halogenated alkanes) is 1. The van der Waals surface area contributed by atoms with Gasteiger partial charge in [-0.2, -0.15) is 16.9 Å². The third-order valence-electron chi connectivity index (χ3n) is 3.44. The summed E-state index contributed by atoms with van der Waals surface area (Å²) < 4.78 is 1.98. The predicted molar refractivity (Wildman–Crippen MR) is 99.7 cm³/mol. The lowest BCUT2D eigenvalue weighted by atomic mass is 10.1. The topological polar surface area (TPSA) is 67.1 Å². The van der Waals surface area contributed by atoms with Gasteiger partial charge >= 0.3 is 0 Å². The number of nitrogens with one attached hydrogen (secondary N) is 2. The van der Waals surface area contributed by atoms with E-state index in [0.29, 0.717) is 6.04 Å². The Morgan fingerprint density at radius 2 is 2.38 bits per heavy atom. The highest BCUT2D eigenvalue weighted by Crippen LogP contribution is 2.11. The SMILES string of the molecule is CN=C(NCCCCSC)NC1CCc2ncnn2C1.I. The van der Waals surface area contributed by atoms with Crippen LogP contribution in [0.2, 0.25) is 0 Å². The number of nitrogens with zero attached hydrogens (tertiary/aromatic N) is 4. The fourth-order valence-electron chi connectivity index (χ4n) is 2.32. The molecule has 1 aromatic heterocycles. The van der Waals surface area contributed by atoms with Gasteiger partial charge in [-0.15, -0.1) is 24.0 Å². The van der Waals surface area contributed by atoms with E-state index in [0.717, 1.165) is 37.7 Å². The number of rotatable bonds is 6. The maximum Gasteiger partial charge on any atom is 0.191 e. The lowest BCUT2D eigenvalue weighted by Crippen LogP contribution is -2.47. The molecule has 0 amide bonds. The minimum absolute atomic E-state index is 0. The molecule has 2 heterocycles. The largest absolute Gasteiger partial charge is 0.356 e. The molecule has 1 aromatic rings. The van der Waals surface area contributed by atoms with Crippen LogP contribution in [-0.2, 0) is 13.0 Å². The Morgan fingerprint density at radius 1 is 1.52 bits per heavy atom. The van der Waals surface area contributed by atoms with Crippen molar-refractivity contribution in [2.24, 2.45) is 4.99 Å². The smallest absolute Gasteiger partial charge is 0.191 e. The number of aliphatic imine (C=N–C) groups is 1. The van der Waals surface area contributed by atoms with Gasteiger partial charge in [0.1, 0.15) is 12.2 Å². The van der Waals surface area contributed by atoms with E-state index in [1.54, 1.807) is 6.33 Å². The molecule has 1 aliphatic heterocycles. The van der Waals surface area contributed by atoms with Crippen LogP contribution >= 0.6 is 35.7 Å². The molecule has 0 saturated carbocycles. The molecule has 1 aliphatic rings. The molecule has 1 atom stereocenters. The van der Waals surface area contributed by atoms with Crippen LogP contribution < -0.4 is 10.6 Å². The first-order chi connectivity index (χ1) is 9.83. The summed E-state index contributed by atoms with van der Waals surface area (Å²) >= 11 is 1.90. The van der Waals surface area contributed by atoms with Gasteiger partial charge in [-0.05, 0) is 31.3 Å². The van der Waals surface area contributed by atoms with Gasteiger partial charge in [-0.3, -0.25) is 4.99 Å². The fraction of sp³-hybridized carbons (Fsp3) is 0.769. The Kier molecular flexibility index (Phi) is 9.05. The van der Waals surface area contributed by atoms with Gasteiger partial charge in [0.15, 0.2) is 5.96 Å². The zero-order chi connectivity index (χ0) is 14.2. The molecule has 0 bridgehead atoms. The summed E-state index contributed by atoms with van der Waals surface area (Å²) in [6.07, 6.45) is 8.26. The predicted octanol–water partition coefficient (Wildman–Crippen LogP) is 1.52. The van der Waals surface area contributed by atoms with Crippen molar-refractivity contribution >= 4 is 41.7 Å². The zero-order valence-corrected chi connectivity index (χ0v) is 15.9. The number of fused-ring (bicyclic) bond motifs is 1. The second-order valence-electron chi connectivity index (χ2n) is 4.94. The minimum Gasteiger partial charge on any atom is -0.356 e. The van der Waals surface area contributed by atoms with Crippen molar-refractivity contribution in [1.82, 2.24) is 25.4 Å². The molecule has 21 heavy (non-hydrogen) atoms. The van der Waals surface area contributed by atoms with Crippen molar-refractivity contribution in [3.8, 4) is 0 Å². The van der Waals surface area contributed by atoms with Crippen LogP contribution in [-0.4, -0.2) is 52.4 Å². The third kappa shape index (κ3) is 6.01. The third-order valence-corrected chi connectivity index (χ3v) is 4.13. The quantitative estimate of drug-likeness (QED) is 0.314. The number of aryl methyl sites for hydroxylation is 1. The van der Waals surface area contributed by atoms with E-state index in [-0.39, 0.29) is 24.0 Å². The average Bonchev–Trinajstić information content (AvgIpc) is 2.93. The highest BCUT2D eigenvalue weighted by atomic mass is 127. The molecule has 0 fully saturated rings. The first kappa shape index (κ1) is 18.5. The van der Waals surface area contributed by atoms with E-state index in [1.165, 1.54) is 18.6 Å². The zero-order valence-electron chi connectivity index (χ0n) is 12.7. The molecular formula is C13H25IN6S. The van der Waals surface area contributed by atoms with Crippen LogP contribution in [0.5, 0.6) is 0 Å². The van der Waals surface area contributed by atoms with E-state index < -0.39 is 0 Å². The Balaban J connectivity index is 0.00000220. The molecule has 2 N–H and O–H groups in total. The first-order valence-corrected chi connectivity index (χ1v) is 8.55.